The maximum absolute atomic E-state index is 9.75. The van der Waals surface area contributed by atoms with Gasteiger partial charge in [-0.2, -0.15) is 0 Å². The molecule has 0 fully saturated rings. The van der Waals surface area contributed by atoms with Gasteiger partial charge >= 0.3 is 7.25 Å². The van der Waals surface area contributed by atoms with Crippen LogP contribution in [-0.2, 0) is 0 Å². The number of halogens is 4. The van der Waals surface area contributed by atoms with Gasteiger partial charge < -0.3 is 22.2 Å². The largest absolute Gasteiger partial charge is 0.673 e. The molecule has 0 aliphatic carbocycles. The average molecular weight is 224 g/mol. The van der Waals surface area contributed by atoms with Gasteiger partial charge in [-0.1, -0.05) is 25.5 Å². The second kappa shape index (κ2) is 7.37. The third kappa shape index (κ3) is 13.1. The fourth-order valence-electron chi connectivity index (χ4n) is 1.03. The summed E-state index contributed by atoms with van der Waals surface area (Å²) >= 11 is 0. The summed E-state index contributed by atoms with van der Waals surface area (Å²) in [4.78, 5) is 2.34. The highest BCUT2D eigenvalue weighted by Crippen LogP contribution is 2.06. The molecule has 0 atom stereocenters. The summed E-state index contributed by atoms with van der Waals surface area (Å²) in [5.41, 5.74) is 0. The van der Waals surface area contributed by atoms with Crippen molar-refractivity contribution in [3.05, 3.63) is 24.4 Å². The molecule has 0 amide bonds. The van der Waals surface area contributed by atoms with Crippen LogP contribution in [0.3, 0.4) is 0 Å². The van der Waals surface area contributed by atoms with E-state index in [9.17, 15) is 17.3 Å². The zero-order valence-electron chi connectivity index (χ0n) is 8.67. The molecule has 0 unspecified atom stereocenters. The molecule has 0 saturated carbocycles. The Morgan fingerprint density at radius 2 is 1.80 bits per heavy atom. The van der Waals surface area contributed by atoms with Crippen molar-refractivity contribution in [2.24, 2.45) is 0 Å². The van der Waals surface area contributed by atoms with Gasteiger partial charge in [-0.3, -0.25) is 0 Å². The Morgan fingerprint density at radius 3 is 2.20 bits per heavy atom. The van der Waals surface area contributed by atoms with Crippen molar-refractivity contribution in [2.45, 2.75) is 19.8 Å². The molecule has 1 heterocycles. The molecule has 1 aliphatic heterocycles. The molecule has 0 radical (unpaired) electrons. The Morgan fingerprint density at radius 1 is 1.20 bits per heavy atom. The van der Waals surface area contributed by atoms with Crippen LogP contribution in [0.1, 0.15) is 19.8 Å². The molecule has 1 nitrogen and oxygen atoms in total. The Labute approximate surface area is 87.6 Å². The van der Waals surface area contributed by atoms with Gasteiger partial charge in [-0.15, -0.1) is 0 Å². The van der Waals surface area contributed by atoms with Gasteiger partial charge in [0.25, 0.3) is 0 Å². The van der Waals surface area contributed by atoms with Gasteiger partial charge in [0, 0.05) is 13.1 Å². The summed E-state index contributed by atoms with van der Waals surface area (Å²) in [5.74, 6) is 0. The summed E-state index contributed by atoms with van der Waals surface area (Å²) in [6.45, 7) is 4.53. The van der Waals surface area contributed by atoms with Gasteiger partial charge in [0.2, 0.25) is 0 Å². The molecule has 1 rings (SSSR count). The van der Waals surface area contributed by atoms with Gasteiger partial charge in [0.05, 0.1) is 0 Å². The lowest BCUT2D eigenvalue weighted by Gasteiger charge is -2.19. The van der Waals surface area contributed by atoms with Gasteiger partial charge in [0.1, 0.15) is 0 Å². The fourth-order valence-corrected chi connectivity index (χ4v) is 1.03. The monoisotopic (exact) mass is 224 g/mol. The molecule has 0 spiro atoms. The van der Waals surface area contributed by atoms with E-state index in [4.69, 9.17) is 0 Å². The SMILES string of the molecule is CCCCN1C=CC=CC1.F[B-](F)(F)F. The molecule has 0 aromatic heterocycles. The van der Waals surface area contributed by atoms with E-state index in [2.05, 4.69) is 36.3 Å². The van der Waals surface area contributed by atoms with E-state index >= 15 is 0 Å². The normalized spacial score (nSPS) is 14.9. The van der Waals surface area contributed by atoms with E-state index < -0.39 is 7.25 Å². The van der Waals surface area contributed by atoms with Crippen LogP contribution in [0.4, 0.5) is 17.3 Å². The van der Waals surface area contributed by atoms with E-state index in [0.29, 0.717) is 0 Å². The molecule has 1 aliphatic rings. The standard InChI is InChI=1S/C9H15N.BF4/c1-2-3-7-10-8-5-4-6-9-10;2-1(3,4)5/h4-6,8H,2-3,7,9H2,1H3;/q;-1. The quantitative estimate of drug-likeness (QED) is 0.524. The van der Waals surface area contributed by atoms with Crippen molar-refractivity contribution < 1.29 is 17.3 Å². The number of unbranched alkanes of at least 4 members (excludes halogenated alkanes) is 1. The van der Waals surface area contributed by atoms with Gasteiger partial charge in [-0.05, 0) is 18.7 Å². The van der Waals surface area contributed by atoms with Crippen molar-refractivity contribution in [2.75, 3.05) is 13.1 Å². The molecule has 0 aromatic rings. The molecule has 6 heteroatoms. The summed E-state index contributed by atoms with van der Waals surface area (Å²) in [7, 11) is -6.00. The highest BCUT2D eigenvalue weighted by molar-refractivity contribution is 6.50. The number of rotatable bonds is 3. The van der Waals surface area contributed by atoms with Crippen LogP contribution in [0.5, 0.6) is 0 Å². The summed E-state index contributed by atoms with van der Waals surface area (Å²) in [6.07, 6.45) is 11.1. The molecule has 0 saturated heterocycles. The summed E-state index contributed by atoms with van der Waals surface area (Å²) in [6, 6.07) is 0. The van der Waals surface area contributed by atoms with E-state index in [0.717, 1.165) is 6.54 Å². The first-order valence-electron chi connectivity index (χ1n) is 4.88. The van der Waals surface area contributed by atoms with Crippen LogP contribution in [0, 0.1) is 0 Å². The average Bonchev–Trinajstić information content (AvgIpc) is 2.14. The first-order chi connectivity index (χ1) is 6.93. The van der Waals surface area contributed by atoms with E-state index in [-0.39, 0.29) is 0 Å². The molecular weight excluding hydrogens is 209 g/mol. The molecule has 0 bridgehead atoms. The Hall–Kier alpha value is -0.935. The molecular formula is C9H15BF4N-. The first kappa shape index (κ1) is 14.1. The van der Waals surface area contributed by atoms with Crippen LogP contribution in [-0.4, -0.2) is 25.2 Å². The minimum Gasteiger partial charge on any atom is -0.418 e. The molecule has 15 heavy (non-hydrogen) atoms. The third-order valence-corrected chi connectivity index (χ3v) is 1.68. The van der Waals surface area contributed by atoms with Crippen molar-refractivity contribution in [3.8, 4) is 0 Å². The highest BCUT2D eigenvalue weighted by Gasteiger charge is 2.20. The molecule has 88 valence electrons. The summed E-state index contributed by atoms with van der Waals surface area (Å²) in [5, 5.41) is 0. The Kier molecular flexibility index (Phi) is 6.91. The van der Waals surface area contributed by atoms with E-state index in [1.165, 1.54) is 19.4 Å². The predicted molar refractivity (Wildman–Crippen MR) is 54.9 cm³/mol. The van der Waals surface area contributed by atoms with Crippen LogP contribution < -0.4 is 0 Å². The molecule has 0 aromatic carbocycles. The second-order valence-electron chi connectivity index (χ2n) is 3.11. The number of nitrogens with zero attached hydrogens (tertiary/aromatic N) is 1. The van der Waals surface area contributed by atoms with Crippen molar-refractivity contribution >= 4 is 7.25 Å². The zero-order valence-corrected chi connectivity index (χ0v) is 8.67. The topological polar surface area (TPSA) is 3.24 Å². The lowest BCUT2D eigenvalue weighted by molar-refractivity contribution is 0.368. The molecule has 0 N–H and O–H groups in total. The lowest BCUT2D eigenvalue weighted by atomic mass is 10.3. The smallest absolute Gasteiger partial charge is 0.418 e. The Balaban J connectivity index is 0.000000336. The first-order valence-corrected chi connectivity index (χ1v) is 4.88. The van der Waals surface area contributed by atoms with Crippen molar-refractivity contribution in [1.82, 2.24) is 4.90 Å². The lowest BCUT2D eigenvalue weighted by Crippen LogP contribution is -2.19. The Bertz CT molecular complexity index is 207. The van der Waals surface area contributed by atoms with Crippen LogP contribution in [0.2, 0.25) is 0 Å². The van der Waals surface area contributed by atoms with Crippen molar-refractivity contribution in [3.63, 3.8) is 0 Å². The highest BCUT2D eigenvalue weighted by atomic mass is 19.5. The fraction of sp³-hybridized carbons (Fsp3) is 0.556. The van der Waals surface area contributed by atoms with Crippen LogP contribution in [0.15, 0.2) is 24.4 Å². The van der Waals surface area contributed by atoms with E-state index in [1.807, 2.05) is 0 Å². The van der Waals surface area contributed by atoms with Gasteiger partial charge in [-0.25, -0.2) is 0 Å². The minimum atomic E-state index is -6.00. The number of hydrogen-bond acceptors (Lipinski definition) is 1. The third-order valence-electron chi connectivity index (χ3n) is 1.68. The van der Waals surface area contributed by atoms with Crippen LogP contribution >= 0.6 is 0 Å². The summed E-state index contributed by atoms with van der Waals surface area (Å²) < 4.78 is 39.0. The van der Waals surface area contributed by atoms with E-state index in [1.54, 1.807) is 0 Å². The second-order valence-corrected chi connectivity index (χ2v) is 3.11. The zero-order chi connectivity index (χ0) is 11.7. The maximum Gasteiger partial charge on any atom is 0.673 e. The predicted octanol–water partition coefficient (Wildman–Crippen LogP) is 3.47. The maximum atomic E-state index is 9.75. The van der Waals surface area contributed by atoms with Crippen LogP contribution in [0.25, 0.3) is 0 Å². The van der Waals surface area contributed by atoms with Crippen molar-refractivity contribution in [1.29, 1.82) is 0 Å². The minimum absolute atomic E-state index is 1.09. The number of hydrogen-bond donors (Lipinski definition) is 0. The van der Waals surface area contributed by atoms with Gasteiger partial charge in [0.15, 0.2) is 0 Å². The number of allylic oxidation sites excluding steroid dienone is 2.